The number of aromatic nitrogens is 2. The van der Waals surface area contributed by atoms with E-state index < -0.39 is 41.6 Å². The summed E-state index contributed by atoms with van der Waals surface area (Å²) in [6.07, 6.45) is 1.08. The molecule has 0 aliphatic carbocycles. The molecule has 3 aromatic rings. The minimum absolute atomic E-state index is 0.00940. The van der Waals surface area contributed by atoms with Crippen molar-refractivity contribution in [3.63, 3.8) is 0 Å². The third kappa shape index (κ3) is 8.09. The van der Waals surface area contributed by atoms with Crippen LogP contribution >= 0.6 is 11.3 Å². The Morgan fingerprint density at radius 1 is 1.08 bits per heavy atom. The topological polar surface area (TPSA) is 256 Å². The molecule has 0 aliphatic heterocycles. The summed E-state index contributed by atoms with van der Waals surface area (Å²) >= 11 is 1.06. The number of thiazole rings is 1. The number of nitrogens with one attached hydrogen (secondary N) is 2. The smallest absolute Gasteiger partial charge is 0.284 e. The molecule has 16 nitrogen and oxygen atoms in total. The predicted octanol–water partition coefficient (Wildman–Crippen LogP) is 1.62. The first-order valence-corrected chi connectivity index (χ1v) is 16.5. The fourth-order valence-electron chi connectivity index (χ4n) is 3.10. The first-order valence-electron chi connectivity index (χ1n) is 10.6. The van der Waals surface area contributed by atoms with Gasteiger partial charge in [-0.1, -0.05) is 11.3 Å². The normalized spacial score (nSPS) is 12.6. The van der Waals surface area contributed by atoms with Gasteiger partial charge in [0.1, 0.15) is 17.6 Å². The van der Waals surface area contributed by atoms with E-state index in [0.717, 1.165) is 17.6 Å². The summed E-state index contributed by atoms with van der Waals surface area (Å²) in [6.45, 7) is 1.00. The highest BCUT2D eigenvalue weighted by atomic mass is 32.2. The number of nitrogens with zero attached hydrogens (tertiary/aromatic N) is 5. The lowest BCUT2D eigenvalue weighted by molar-refractivity contribution is 0.333. The van der Waals surface area contributed by atoms with Crippen molar-refractivity contribution in [2.45, 2.75) is 11.8 Å². The third-order valence-electron chi connectivity index (χ3n) is 4.98. The van der Waals surface area contributed by atoms with E-state index in [2.05, 4.69) is 35.1 Å². The van der Waals surface area contributed by atoms with E-state index in [1.807, 2.05) is 6.07 Å². The number of hydrogen-bond acceptors (Lipinski definition) is 16. The molecule has 5 N–H and O–H groups in total. The number of benzene rings is 1. The minimum Gasteiger partial charge on any atom is -0.368 e. The molecule has 0 saturated heterocycles. The van der Waals surface area contributed by atoms with Gasteiger partial charge in [0, 0.05) is 24.9 Å². The second-order valence-electron chi connectivity index (χ2n) is 7.87. The van der Waals surface area contributed by atoms with Gasteiger partial charge in [0.05, 0.1) is 32.2 Å². The molecule has 0 spiro atoms. The van der Waals surface area contributed by atoms with Crippen molar-refractivity contribution in [3.05, 3.63) is 29.3 Å². The second kappa shape index (κ2) is 11.8. The Morgan fingerprint density at radius 2 is 1.74 bits per heavy atom. The maximum atomic E-state index is 11.8. The monoisotopic (exact) mass is 618 g/mol. The quantitative estimate of drug-likeness (QED) is 0.128. The number of hydrogen-bond donors (Lipinski definition) is 4. The molecular formula is C19H22N8O8S4. The number of sulfone groups is 1. The lowest BCUT2D eigenvalue weighted by Gasteiger charge is -2.15. The zero-order chi connectivity index (χ0) is 29.0. The minimum atomic E-state index is -4.29. The van der Waals surface area contributed by atoms with Gasteiger partial charge in [-0.15, -0.1) is 10.2 Å². The standard InChI is InChI=1S/C19H22N8O8S4/c1-11-13(10-20)17(22-5-7-38(30,31)32)25-18(23-6-8-39(33,34)35-21)16(11)26-27-19-24-14-4-3-12(37(2,28)29)9-15(14)36-19/h3-4,9H,5-8,21H2,1-2H3,(H2,22,23,25)(H,30,31,32). The van der Waals surface area contributed by atoms with E-state index in [0.29, 0.717) is 10.2 Å². The van der Waals surface area contributed by atoms with E-state index in [1.165, 1.54) is 25.1 Å². The first-order chi connectivity index (χ1) is 18.1. The molecule has 39 heavy (non-hydrogen) atoms. The first kappa shape index (κ1) is 30.2. The van der Waals surface area contributed by atoms with Gasteiger partial charge >= 0.3 is 0 Å². The Bertz CT molecular complexity index is 1800. The number of anilines is 2. The Morgan fingerprint density at radius 3 is 2.36 bits per heavy atom. The van der Waals surface area contributed by atoms with Crippen molar-refractivity contribution in [1.29, 1.82) is 5.26 Å². The molecule has 0 fully saturated rings. The van der Waals surface area contributed by atoms with Crippen LogP contribution in [0.25, 0.3) is 10.2 Å². The average molecular weight is 619 g/mol. The predicted molar refractivity (Wildman–Crippen MR) is 143 cm³/mol. The fraction of sp³-hybridized carbons (Fsp3) is 0.316. The van der Waals surface area contributed by atoms with Gasteiger partial charge in [0.25, 0.3) is 20.2 Å². The molecule has 0 radical (unpaired) electrons. The molecule has 1 aromatic carbocycles. The van der Waals surface area contributed by atoms with Crippen LogP contribution in [-0.4, -0.2) is 70.6 Å². The number of rotatable bonds is 12. The highest BCUT2D eigenvalue weighted by molar-refractivity contribution is 7.90. The van der Waals surface area contributed by atoms with Gasteiger partial charge in [-0.3, -0.25) is 4.55 Å². The summed E-state index contributed by atoms with van der Waals surface area (Å²) in [5.74, 6) is 3.48. The van der Waals surface area contributed by atoms with Crippen molar-refractivity contribution in [3.8, 4) is 6.07 Å². The van der Waals surface area contributed by atoms with Crippen LogP contribution in [0, 0.1) is 18.3 Å². The lowest BCUT2D eigenvalue weighted by atomic mass is 10.1. The van der Waals surface area contributed by atoms with E-state index in [9.17, 15) is 30.5 Å². The van der Waals surface area contributed by atoms with Gasteiger partial charge in [0.2, 0.25) is 5.13 Å². The van der Waals surface area contributed by atoms with Crippen molar-refractivity contribution in [1.82, 2.24) is 9.97 Å². The molecule has 20 heteroatoms. The molecule has 2 heterocycles. The van der Waals surface area contributed by atoms with Gasteiger partial charge < -0.3 is 10.6 Å². The Hall–Kier alpha value is -3.32. The summed E-state index contributed by atoms with van der Waals surface area (Å²) < 4.78 is 82.4. The van der Waals surface area contributed by atoms with E-state index in [1.54, 1.807) is 0 Å². The van der Waals surface area contributed by atoms with Crippen LogP contribution in [0.3, 0.4) is 0 Å². The summed E-state index contributed by atoms with van der Waals surface area (Å²) in [5, 5.41) is 23.5. The van der Waals surface area contributed by atoms with Gasteiger partial charge in [0.15, 0.2) is 15.7 Å². The van der Waals surface area contributed by atoms with Crippen LogP contribution in [0.15, 0.2) is 33.3 Å². The highest BCUT2D eigenvalue weighted by Gasteiger charge is 2.19. The molecule has 3 rings (SSSR count). The highest BCUT2D eigenvalue weighted by Crippen LogP contribution is 2.36. The fourth-order valence-corrected chi connectivity index (χ4v) is 5.46. The number of nitriles is 1. The maximum Gasteiger partial charge on any atom is 0.284 e. The molecule has 0 saturated carbocycles. The molecular weight excluding hydrogens is 597 g/mol. The largest absolute Gasteiger partial charge is 0.368 e. The average Bonchev–Trinajstić information content (AvgIpc) is 3.24. The van der Waals surface area contributed by atoms with Crippen molar-refractivity contribution < 1.29 is 34.1 Å². The molecule has 0 unspecified atom stereocenters. The van der Waals surface area contributed by atoms with Crippen LogP contribution in [-0.2, 0) is 34.4 Å². The van der Waals surface area contributed by atoms with Crippen LogP contribution in [0.4, 0.5) is 22.5 Å². The number of pyridine rings is 1. The van der Waals surface area contributed by atoms with Crippen LogP contribution in [0.1, 0.15) is 11.1 Å². The number of fused-ring (bicyclic) bond motifs is 1. The molecule has 210 valence electrons. The zero-order valence-corrected chi connectivity index (χ0v) is 23.6. The summed E-state index contributed by atoms with van der Waals surface area (Å²) in [4.78, 5) is 8.64. The zero-order valence-electron chi connectivity index (χ0n) is 20.3. The lowest BCUT2D eigenvalue weighted by Crippen LogP contribution is -2.21. The van der Waals surface area contributed by atoms with Crippen molar-refractivity contribution in [2.24, 2.45) is 16.1 Å². The molecule has 0 aliphatic rings. The van der Waals surface area contributed by atoms with Crippen LogP contribution in [0.5, 0.6) is 0 Å². The van der Waals surface area contributed by atoms with E-state index in [-0.39, 0.29) is 51.6 Å². The van der Waals surface area contributed by atoms with Gasteiger partial charge in [-0.2, -0.15) is 32.3 Å². The van der Waals surface area contributed by atoms with Crippen LogP contribution in [0.2, 0.25) is 0 Å². The SMILES string of the molecule is Cc1c(C#N)c(NCCS(=O)(=O)O)nc(NCCS(=O)(=O)ON)c1N=Nc1nc2ccc(S(C)(=O)=O)cc2s1. The summed E-state index contributed by atoms with van der Waals surface area (Å²) in [7, 11) is -11.8. The van der Waals surface area contributed by atoms with Crippen molar-refractivity contribution >= 4 is 74.1 Å². The Kier molecular flexibility index (Phi) is 9.16. The Labute approximate surface area is 227 Å². The second-order valence-corrected chi connectivity index (χ2v) is 14.2. The van der Waals surface area contributed by atoms with Gasteiger partial charge in [-0.25, -0.2) is 18.4 Å². The summed E-state index contributed by atoms with van der Waals surface area (Å²) in [5.41, 5.74) is 0.781. The number of azo groups is 1. The molecule has 2 aromatic heterocycles. The summed E-state index contributed by atoms with van der Waals surface area (Å²) in [6, 6.07) is 6.35. The molecule has 0 atom stereocenters. The van der Waals surface area contributed by atoms with E-state index in [4.69, 9.17) is 10.4 Å². The van der Waals surface area contributed by atoms with Gasteiger partial charge in [-0.05, 0) is 25.1 Å². The molecule has 0 bridgehead atoms. The van der Waals surface area contributed by atoms with E-state index >= 15 is 0 Å². The van der Waals surface area contributed by atoms with Crippen LogP contribution < -0.4 is 16.5 Å². The maximum absolute atomic E-state index is 11.8. The number of nitrogens with two attached hydrogens (primary N) is 1. The third-order valence-corrected chi connectivity index (χ3v) is 8.71. The Balaban J connectivity index is 2.02. The molecule has 0 amide bonds. The van der Waals surface area contributed by atoms with Crippen molar-refractivity contribution in [2.75, 3.05) is 41.5 Å².